The van der Waals surface area contributed by atoms with Gasteiger partial charge in [-0.1, -0.05) is 18.2 Å². The molecule has 0 aliphatic heterocycles. The number of benzene rings is 2. The molecule has 0 radical (unpaired) electrons. The fraction of sp³-hybridized carbons (Fsp3) is 0.0625. The van der Waals surface area contributed by atoms with Gasteiger partial charge in [-0.2, -0.15) is 0 Å². The number of aromatic amines is 2. The Balaban J connectivity index is 1.99. The van der Waals surface area contributed by atoms with Crippen LogP contribution in [0.15, 0.2) is 47.3 Å². The number of methoxy groups -OCH3 is 1. The van der Waals surface area contributed by atoms with E-state index in [1.807, 2.05) is 0 Å². The van der Waals surface area contributed by atoms with E-state index in [1.54, 1.807) is 42.5 Å². The van der Waals surface area contributed by atoms with Gasteiger partial charge < -0.3 is 20.0 Å². The molecule has 2 aromatic carbocycles. The van der Waals surface area contributed by atoms with Crippen molar-refractivity contribution in [3.63, 3.8) is 0 Å². The summed E-state index contributed by atoms with van der Waals surface area (Å²) in [6, 6.07) is 11.5. The Morgan fingerprint density at radius 3 is 2.52 bits per heavy atom. The molecule has 0 aliphatic rings. The van der Waals surface area contributed by atoms with Crippen LogP contribution in [0.1, 0.15) is 20.7 Å². The van der Waals surface area contributed by atoms with E-state index in [0.29, 0.717) is 22.3 Å². The lowest BCUT2D eigenvalue weighted by Crippen LogP contribution is -2.16. The highest BCUT2D eigenvalue weighted by Crippen LogP contribution is 2.19. The number of nitrogens with one attached hydrogen (secondary N) is 3. The van der Waals surface area contributed by atoms with Crippen LogP contribution in [0.2, 0.25) is 0 Å². The second kappa shape index (κ2) is 5.80. The van der Waals surface area contributed by atoms with E-state index < -0.39 is 17.6 Å². The van der Waals surface area contributed by atoms with Crippen molar-refractivity contribution in [1.82, 2.24) is 9.97 Å². The normalized spacial score (nSPS) is 10.5. The number of anilines is 1. The molecule has 0 aliphatic carbocycles. The van der Waals surface area contributed by atoms with Crippen molar-refractivity contribution in [2.75, 3.05) is 12.4 Å². The number of aromatic nitrogens is 2. The molecule has 0 saturated heterocycles. The highest BCUT2D eigenvalue weighted by molar-refractivity contribution is 6.13. The van der Waals surface area contributed by atoms with Crippen LogP contribution in [0.3, 0.4) is 0 Å². The number of carbonyl (C=O) groups excluding carboxylic acids is 2. The number of hydrogen-bond acceptors (Lipinski definition) is 4. The maximum absolute atomic E-state index is 12.5. The zero-order valence-electron chi connectivity index (χ0n) is 12.2. The standard InChI is InChI=1S/C16H13N3O4/c1-23-15(21)9-5-2-3-7-11(9)17-14(20)10-6-4-8-12-13(10)19-16(22)18-12/h2-8H,1H3,(H,17,20)(H2,18,19,22). The highest BCUT2D eigenvalue weighted by atomic mass is 16.5. The van der Waals surface area contributed by atoms with Crippen molar-refractivity contribution >= 4 is 28.6 Å². The van der Waals surface area contributed by atoms with Crippen LogP contribution in [0.25, 0.3) is 11.0 Å². The van der Waals surface area contributed by atoms with Crippen LogP contribution in [0.5, 0.6) is 0 Å². The number of rotatable bonds is 3. The summed E-state index contributed by atoms with van der Waals surface area (Å²) in [6.07, 6.45) is 0. The Hall–Kier alpha value is -3.35. The topological polar surface area (TPSA) is 104 Å². The molecule has 0 saturated carbocycles. The van der Waals surface area contributed by atoms with Crippen LogP contribution in [-0.4, -0.2) is 29.0 Å². The minimum atomic E-state index is -0.547. The van der Waals surface area contributed by atoms with E-state index in [9.17, 15) is 14.4 Å². The van der Waals surface area contributed by atoms with E-state index in [4.69, 9.17) is 4.74 Å². The van der Waals surface area contributed by atoms with Crippen molar-refractivity contribution in [2.24, 2.45) is 0 Å². The molecule has 116 valence electrons. The fourth-order valence-corrected chi connectivity index (χ4v) is 2.32. The second-order valence-corrected chi connectivity index (χ2v) is 4.80. The number of hydrogen-bond donors (Lipinski definition) is 3. The number of carbonyl (C=O) groups is 2. The maximum atomic E-state index is 12.5. The van der Waals surface area contributed by atoms with Gasteiger partial charge in [-0.25, -0.2) is 9.59 Å². The summed E-state index contributed by atoms with van der Waals surface area (Å²) in [7, 11) is 1.27. The SMILES string of the molecule is COC(=O)c1ccccc1NC(=O)c1cccc2[nH]c(=O)[nH]c12. The van der Waals surface area contributed by atoms with Gasteiger partial charge in [0.1, 0.15) is 0 Å². The van der Waals surface area contributed by atoms with Gasteiger partial charge in [0, 0.05) is 0 Å². The van der Waals surface area contributed by atoms with Crippen LogP contribution in [0, 0.1) is 0 Å². The number of ether oxygens (including phenoxy) is 1. The van der Waals surface area contributed by atoms with Gasteiger partial charge in [-0.15, -0.1) is 0 Å². The van der Waals surface area contributed by atoms with E-state index in [2.05, 4.69) is 15.3 Å². The molecule has 3 rings (SSSR count). The van der Waals surface area contributed by atoms with Crippen LogP contribution in [-0.2, 0) is 4.74 Å². The molecule has 1 aromatic heterocycles. The summed E-state index contributed by atoms with van der Waals surface area (Å²) in [6.45, 7) is 0. The Bertz CT molecular complexity index is 955. The zero-order valence-corrected chi connectivity index (χ0v) is 12.2. The summed E-state index contributed by atoms with van der Waals surface area (Å²) >= 11 is 0. The van der Waals surface area contributed by atoms with Gasteiger partial charge in [0.25, 0.3) is 5.91 Å². The molecule has 23 heavy (non-hydrogen) atoms. The Kier molecular flexibility index (Phi) is 3.68. The largest absolute Gasteiger partial charge is 0.465 e. The Morgan fingerprint density at radius 2 is 1.74 bits per heavy atom. The van der Waals surface area contributed by atoms with E-state index in [-0.39, 0.29) is 5.56 Å². The summed E-state index contributed by atoms with van der Waals surface area (Å²) in [5.74, 6) is -0.989. The molecule has 0 fully saturated rings. The molecule has 7 heteroatoms. The average molecular weight is 311 g/mol. The molecule has 0 spiro atoms. The third-order valence-electron chi connectivity index (χ3n) is 3.38. The van der Waals surface area contributed by atoms with E-state index in [0.717, 1.165) is 0 Å². The van der Waals surface area contributed by atoms with Gasteiger partial charge >= 0.3 is 11.7 Å². The lowest BCUT2D eigenvalue weighted by Gasteiger charge is -2.10. The lowest BCUT2D eigenvalue weighted by atomic mass is 10.1. The van der Waals surface area contributed by atoms with Gasteiger partial charge in [0.15, 0.2) is 0 Å². The predicted octanol–water partition coefficient (Wildman–Crippen LogP) is 1.90. The van der Waals surface area contributed by atoms with E-state index in [1.165, 1.54) is 7.11 Å². The molecule has 0 bridgehead atoms. The van der Waals surface area contributed by atoms with Crippen molar-refractivity contribution in [2.45, 2.75) is 0 Å². The first-order chi connectivity index (χ1) is 11.1. The monoisotopic (exact) mass is 311 g/mol. The second-order valence-electron chi connectivity index (χ2n) is 4.80. The van der Waals surface area contributed by atoms with Crippen molar-refractivity contribution in [3.05, 3.63) is 64.1 Å². The number of para-hydroxylation sites is 2. The number of H-pyrrole nitrogens is 2. The molecular formula is C16H13N3O4. The third kappa shape index (κ3) is 2.71. The summed E-state index contributed by atoms with van der Waals surface area (Å²) in [5.41, 5.74) is 1.42. The summed E-state index contributed by atoms with van der Waals surface area (Å²) in [4.78, 5) is 40.8. The van der Waals surface area contributed by atoms with Crippen LogP contribution >= 0.6 is 0 Å². The minimum Gasteiger partial charge on any atom is -0.465 e. The van der Waals surface area contributed by atoms with Gasteiger partial charge in [-0.3, -0.25) is 4.79 Å². The van der Waals surface area contributed by atoms with Crippen molar-refractivity contribution in [1.29, 1.82) is 0 Å². The highest BCUT2D eigenvalue weighted by Gasteiger charge is 2.16. The summed E-state index contributed by atoms with van der Waals surface area (Å²) < 4.78 is 4.70. The molecule has 3 N–H and O–H groups in total. The molecule has 1 heterocycles. The van der Waals surface area contributed by atoms with E-state index >= 15 is 0 Å². The lowest BCUT2D eigenvalue weighted by molar-refractivity contribution is 0.0602. The van der Waals surface area contributed by atoms with Gasteiger partial charge in [0.2, 0.25) is 0 Å². The number of esters is 1. The first kappa shape index (κ1) is 14.6. The maximum Gasteiger partial charge on any atom is 0.339 e. The minimum absolute atomic E-state index is 0.248. The predicted molar refractivity (Wildman–Crippen MR) is 84.7 cm³/mol. The van der Waals surface area contributed by atoms with Gasteiger partial charge in [-0.05, 0) is 24.3 Å². The Labute approximate surface area is 130 Å². The fourth-order valence-electron chi connectivity index (χ4n) is 2.32. The first-order valence-electron chi connectivity index (χ1n) is 6.80. The molecule has 0 unspecified atom stereocenters. The molecule has 7 nitrogen and oxygen atoms in total. The molecular weight excluding hydrogens is 298 g/mol. The van der Waals surface area contributed by atoms with Crippen LogP contribution < -0.4 is 11.0 Å². The molecule has 1 amide bonds. The van der Waals surface area contributed by atoms with Crippen molar-refractivity contribution in [3.8, 4) is 0 Å². The van der Waals surface area contributed by atoms with Gasteiger partial charge in [0.05, 0.1) is 35.0 Å². The Morgan fingerprint density at radius 1 is 1.00 bits per heavy atom. The number of imidazole rings is 1. The van der Waals surface area contributed by atoms with Crippen molar-refractivity contribution < 1.29 is 14.3 Å². The average Bonchev–Trinajstić information content (AvgIpc) is 2.94. The first-order valence-corrected chi connectivity index (χ1v) is 6.80. The molecule has 0 atom stereocenters. The number of amides is 1. The third-order valence-corrected chi connectivity index (χ3v) is 3.38. The molecule has 3 aromatic rings. The smallest absolute Gasteiger partial charge is 0.339 e. The number of fused-ring (bicyclic) bond motifs is 1. The quantitative estimate of drug-likeness (QED) is 0.642. The summed E-state index contributed by atoms with van der Waals surface area (Å²) in [5, 5.41) is 2.67. The zero-order chi connectivity index (χ0) is 16.4. The van der Waals surface area contributed by atoms with Crippen LogP contribution in [0.4, 0.5) is 5.69 Å².